The van der Waals surface area contributed by atoms with E-state index in [1.54, 1.807) is 22.3 Å². The van der Waals surface area contributed by atoms with Crippen molar-refractivity contribution < 1.29 is 0 Å². The first-order valence-corrected chi connectivity index (χ1v) is 7.71. The fraction of sp³-hybridized carbons (Fsp3) is 0.286. The standard InChI is InChI=1S/C14H16N6S/c1-11(15-6-5-13-8-21-10-16-13)12-3-2-4-14(7-12)20-9-17-18-19-20/h2-4,7-11,15H,5-6H2,1H3. The summed E-state index contributed by atoms with van der Waals surface area (Å²) in [4.78, 5) is 4.29. The Kier molecular flexibility index (Phi) is 4.32. The highest BCUT2D eigenvalue weighted by atomic mass is 32.1. The number of tetrazole rings is 1. The SMILES string of the molecule is CC(NCCc1cscn1)c1cccc(-n2cnnn2)c1. The van der Waals surface area contributed by atoms with E-state index in [0.717, 1.165) is 24.3 Å². The lowest BCUT2D eigenvalue weighted by molar-refractivity contribution is 0.574. The number of nitrogens with one attached hydrogen (secondary N) is 1. The van der Waals surface area contributed by atoms with Crippen molar-refractivity contribution in [2.75, 3.05) is 6.54 Å². The number of benzene rings is 1. The lowest BCUT2D eigenvalue weighted by Crippen LogP contribution is -2.21. The second kappa shape index (κ2) is 6.55. The third kappa shape index (κ3) is 3.50. The summed E-state index contributed by atoms with van der Waals surface area (Å²) in [5.74, 6) is 0. The van der Waals surface area contributed by atoms with Crippen molar-refractivity contribution in [1.82, 2.24) is 30.5 Å². The normalized spacial score (nSPS) is 12.4. The molecule has 0 aliphatic carbocycles. The quantitative estimate of drug-likeness (QED) is 0.754. The third-order valence-electron chi connectivity index (χ3n) is 3.30. The van der Waals surface area contributed by atoms with Crippen LogP contribution in [0.15, 0.2) is 41.5 Å². The minimum absolute atomic E-state index is 0.264. The molecule has 3 aromatic rings. The Hall–Kier alpha value is -2.12. The fourth-order valence-electron chi connectivity index (χ4n) is 2.11. The van der Waals surface area contributed by atoms with Crippen LogP contribution in [0.4, 0.5) is 0 Å². The van der Waals surface area contributed by atoms with Crippen molar-refractivity contribution in [3.05, 3.63) is 52.7 Å². The molecule has 0 bridgehead atoms. The topological polar surface area (TPSA) is 68.5 Å². The summed E-state index contributed by atoms with van der Waals surface area (Å²) in [7, 11) is 0. The number of rotatable bonds is 6. The molecule has 0 aliphatic heterocycles. The maximum Gasteiger partial charge on any atom is 0.143 e. The summed E-state index contributed by atoms with van der Waals surface area (Å²) in [5.41, 5.74) is 5.18. The number of thiazole rings is 1. The molecular weight excluding hydrogens is 284 g/mol. The highest BCUT2D eigenvalue weighted by Crippen LogP contribution is 2.16. The van der Waals surface area contributed by atoms with Gasteiger partial charge in [-0.2, -0.15) is 0 Å². The predicted molar refractivity (Wildman–Crippen MR) is 81.4 cm³/mol. The van der Waals surface area contributed by atoms with E-state index in [2.05, 4.69) is 50.3 Å². The van der Waals surface area contributed by atoms with Crippen LogP contribution in [0.25, 0.3) is 5.69 Å². The molecule has 0 fully saturated rings. The van der Waals surface area contributed by atoms with Crippen LogP contribution in [0.3, 0.4) is 0 Å². The Morgan fingerprint density at radius 1 is 1.38 bits per heavy atom. The van der Waals surface area contributed by atoms with Gasteiger partial charge in [0.05, 0.1) is 16.9 Å². The Morgan fingerprint density at radius 3 is 3.10 bits per heavy atom. The predicted octanol–water partition coefficient (Wildman–Crippen LogP) is 2.01. The van der Waals surface area contributed by atoms with E-state index < -0.39 is 0 Å². The number of nitrogens with zero attached hydrogens (tertiary/aromatic N) is 5. The highest BCUT2D eigenvalue weighted by Gasteiger charge is 2.07. The zero-order valence-corrected chi connectivity index (χ0v) is 12.5. The molecule has 0 saturated carbocycles. The number of hydrogen-bond acceptors (Lipinski definition) is 6. The molecule has 0 radical (unpaired) electrons. The molecule has 0 amide bonds. The average molecular weight is 300 g/mol. The van der Waals surface area contributed by atoms with Crippen molar-refractivity contribution in [3.8, 4) is 5.69 Å². The molecule has 21 heavy (non-hydrogen) atoms. The highest BCUT2D eigenvalue weighted by molar-refractivity contribution is 7.07. The van der Waals surface area contributed by atoms with Crippen molar-refractivity contribution in [3.63, 3.8) is 0 Å². The molecule has 0 aliphatic rings. The summed E-state index contributed by atoms with van der Waals surface area (Å²) in [6.07, 6.45) is 2.54. The van der Waals surface area contributed by atoms with Crippen LogP contribution < -0.4 is 5.32 Å². The van der Waals surface area contributed by atoms with Crippen LogP contribution in [0.5, 0.6) is 0 Å². The van der Waals surface area contributed by atoms with Gasteiger partial charge in [0.1, 0.15) is 6.33 Å². The Balaban J connectivity index is 1.62. The Morgan fingerprint density at radius 2 is 2.33 bits per heavy atom. The minimum Gasteiger partial charge on any atom is -0.310 e. The maximum atomic E-state index is 4.29. The monoisotopic (exact) mass is 300 g/mol. The molecule has 1 unspecified atom stereocenters. The Bertz CT molecular complexity index is 665. The maximum absolute atomic E-state index is 4.29. The van der Waals surface area contributed by atoms with Crippen LogP contribution in [0.1, 0.15) is 24.2 Å². The van der Waals surface area contributed by atoms with Crippen molar-refractivity contribution in [2.45, 2.75) is 19.4 Å². The molecule has 1 N–H and O–H groups in total. The van der Waals surface area contributed by atoms with Crippen LogP contribution in [-0.4, -0.2) is 31.7 Å². The van der Waals surface area contributed by atoms with Crippen LogP contribution in [0, 0.1) is 0 Å². The fourth-order valence-corrected chi connectivity index (χ4v) is 2.70. The zero-order chi connectivity index (χ0) is 14.5. The molecule has 2 aromatic heterocycles. The summed E-state index contributed by atoms with van der Waals surface area (Å²) >= 11 is 1.63. The van der Waals surface area contributed by atoms with E-state index in [9.17, 15) is 0 Å². The second-order valence-corrected chi connectivity index (χ2v) is 5.47. The van der Waals surface area contributed by atoms with Crippen LogP contribution in [-0.2, 0) is 6.42 Å². The van der Waals surface area contributed by atoms with Gasteiger partial charge in [0.15, 0.2) is 0 Å². The molecule has 3 rings (SSSR count). The second-order valence-electron chi connectivity index (χ2n) is 4.75. The smallest absolute Gasteiger partial charge is 0.143 e. The van der Waals surface area contributed by atoms with E-state index in [1.165, 1.54) is 5.56 Å². The third-order valence-corrected chi connectivity index (χ3v) is 3.93. The van der Waals surface area contributed by atoms with E-state index in [-0.39, 0.29) is 6.04 Å². The first-order valence-electron chi connectivity index (χ1n) is 6.77. The average Bonchev–Trinajstić information content (AvgIpc) is 3.21. The van der Waals surface area contributed by atoms with Gasteiger partial charge in [-0.15, -0.1) is 16.4 Å². The molecule has 0 spiro atoms. The van der Waals surface area contributed by atoms with Gasteiger partial charge >= 0.3 is 0 Å². The van der Waals surface area contributed by atoms with E-state index >= 15 is 0 Å². The van der Waals surface area contributed by atoms with Gasteiger partial charge < -0.3 is 5.32 Å². The van der Waals surface area contributed by atoms with Gasteiger partial charge in [-0.3, -0.25) is 0 Å². The molecule has 7 heteroatoms. The van der Waals surface area contributed by atoms with Gasteiger partial charge in [-0.05, 0) is 35.0 Å². The minimum atomic E-state index is 0.264. The van der Waals surface area contributed by atoms with Gasteiger partial charge in [0.25, 0.3) is 0 Å². The molecule has 108 valence electrons. The largest absolute Gasteiger partial charge is 0.310 e. The van der Waals surface area contributed by atoms with E-state index in [0.29, 0.717) is 0 Å². The number of aromatic nitrogens is 5. The van der Waals surface area contributed by atoms with Crippen molar-refractivity contribution in [2.24, 2.45) is 0 Å². The number of hydrogen-bond donors (Lipinski definition) is 1. The summed E-state index contributed by atoms with van der Waals surface area (Å²) in [6.45, 7) is 3.06. The lowest BCUT2D eigenvalue weighted by atomic mass is 10.1. The molecular formula is C14H16N6S. The molecule has 2 heterocycles. The van der Waals surface area contributed by atoms with Crippen LogP contribution >= 0.6 is 11.3 Å². The first-order chi connectivity index (χ1) is 10.3. The van der Waals surface area contributed by atoms with Crippen LogP contribution in [0.2, 0.25) is 0 Å². The summed E-state index contributed by atoms with van der Waals surface area (Å²) in [5, 5.41) is 16.8. The van der Waals surface area contributed by atoms with Crippen molar-refractivity contribution >= 4 is 11.3 Å². The lowest BCUT2D eigenvalue weighted by Gasteiger charge is -2.14. The summed E-state index contributed by atoms with van der Waals surface area (Å²) < 4.78 is 1.66. The van der Waals surface area contributed by atoms with E-state index in [1.807, 2.05) is 17.6 Å². The van der Waals surface area contributed by atoms with Gasteiger partial charge in [0.2, 0.25) is 0 Å². The molecule has 6 nitrogen and oxygen atoms in total. The van der Waals surface area contributed by atoms with Gasteiger partial charge in [-0.1, -0.05) is 12.1 Å². The molecule has 1 atom stereocenters. The van der Waals surface area contributed by atoms with Gasteiger partial charge in [-0.25, -0.2) is 9.67 Å². The first kappa shape index (κ1) is 13.8. The Labute approximate surface area is 126 Å². The molecule has 1 aromatic carbocycles. The zero-order valence-electron chi connectivity index (χ0n) is 11.7. The van der Waals surface area contributed by atoms with Crippen molar-refractivity contribution in [1.29, 1.82) is 0 Å². The van der Waals surface area contributed by atoms with E-state index in [4.69, 9.17) is 0 Å². The van der Waals surface area contributed by atoms with Gasteiger partial charge in [0, 0.05) is 24.4 Å². The summed E-state index contributed by atoms with van der Waals surface area (Å²) in [6, 6.07) is 8.47. The molecule has 0 saturated heterocycles.